The molecular weight excluding hydrogens is 580 g/mol. The molecule has 4 heterocycles. The first kappa shape index (κ1) is 27.4. The number of carbonyl (C=O) groups excluding carboxylic acids is 1. The summed E-state index contributed by atoms with van der Waals surface area (Å²) < 4.78 is 19.1. The van der Waals surface area contributed by atoms with Gasteiger partial charge in [-0.2, -0.15) is 0 Å². The molecule has 4 rings (SSSR count). The van der Waals surface area contributed by atoms with Crippen LogP contribution < -0.4 is 10.6 Å². The SMILES string of the molecule is CCO/N=C(\C(=O)NC1NC(C(=O)O)=C(SC2=NC(c3ccncc3)CS2)CS1)c1nsc(N=[P+]=O)n1. The first-order valence-electron chi connectivity index (χ1n) is 10.5. The average Bonchev–Trinajstić information content (AvgIpc) is 3.56. The zero-order chi connectivity index (χ0) is 26.2. The third kappa shape index (κ3) is 7.25. The van der Waals surface area contributed by atoms with Crippen LogP contribution in [0.5, 0.6) is 0 Å². The Hall–Kier alpha value is -2.59. The second-order valence-corrected chi connectivity index (χ2v) is 11.5. The van der Waals surface area contributed by atoms with E-state index in [9.17, 15) is 19.3 Å². The van der Waals surface area contributed by atoms with Gasteiger partial charge in [0.15, 0.2) is 0 Å². The van der Waals surface area contributed by atoms with Crippen LogP contribution in [-0.2, 0) is 19.0 Å². The number of aliphatic carboxylic acids is 1. The standard InChI is InChI=1S/C19H17N8O5PS4/c1-2-32-25-13(14-23-18(26-33-31)37-27-14)15(28)24-17-22-12(16(29)30)11(8-34-17)36-19-21-10(7-35-19)9-3-5-20-6-4-9/h3-6,10,17,22H,2,7-8H2,1H3,(H-,24,28,29,30)/p+1/b25-13-. The fraction of sp³-hybridized carbons (Fsp3) is 0.316. The molecule has 0 spiro atoms. The number of pyridine rings is 1. The van der Waals surface area contributed by atoms with Crippen LogP contribution in [0.15, 0.2) is 50.0 Å². The number of hydrogen-bond donors (Lipinski definition) is 3. The number of nitrogens with zero attached hydrogens (tertiary/aromatic N) is 6. The summed E-state index contributed by atoms with van der Waals surface area (Å²) in [6.45, 7) is 1.89. The van der Waals surface area contributed by atoms with E-state index < -0.39 is 25.6 Å². The van der Waals surface area contributed by atoms with Crippen molar-refractivity contribution in [3.63, 3.8) is 0 Å². The Labute approximate surface area is 228 Å². The van der Waals surface area contributed by atoms with Crippen molar-refractivity contribution in [2.24, 2.45) is 14.9 Å². The first-order valence-corrected chi connectivity index (χ1v) is 14.9. The van der Waals surface area contributed by atoms with Crippen molar-refractivity contribution in [1.29, 1.82) is 0 Å². The first-order chi connectivity index (χ1) is 18.0. The van der Waals surface area contributed by atoms with Gasteiger partial charge in [-0.25, -0.2) is 0 Å². The Morgan fingerprint density at radius 3 is 2.92 bits per heavy atom. The fourth-order valence-electron chi connectivity index (χ4n) is 2.98. The number of carboxylic acids is 1. The molecule has 0 aliphatic carbocycles. The number of nitrogens with one attached hydrogen (secondary N) is 2. The van der Waals surface area contributed by atoms with Crippen molar-refractivity contribution in [1.82, 2.24) is 25.0 Å². The van der Waals surface area contributed by atoms with Crippen LogP contribution in [0.4, 0.5) is 5.13 Å². The summed E-state index contributed by atoms with van der Waals surface area (Å²) in [5.74, 6) is -0.785. The molecule has 3 N–H and O–H groups in total. The molecule has 192 valence electrons. The molecule has 2 atom stereocenters. The molecule has 0 aromatic carbocycles. The summed E-state index contributed by atoms with van der Waals surface area (Å²) in [6.07, 6.45) is 3.44. The van der Waals surface area contributed by atoms with Crippen molar-refractivity contribution >= 4 is 82.2 Å². The molecule has 2 aromatic heterocycles. The third-order valence-electron chi connectivity index (χ3n) is 4.59. The number of aromatic nitrogens is 3. The van der Waals surface area contributed by atoms with E-state index in [2.05, 4.69) is 34.9 Å². The minimum atomic E-state index is -1.15. The predicted octanol–water partition coefficient (Wildman–Crippen LogP) is 3.39. The molecule has 1 amide bonds. The van der Waals surface area contributed by atoms with Crippen LogP contribution in [0.2, 0.25) is 0 Å². The van der Waals surface area contributed by atoms with Gasteiger partial charge in [0, 0.05) is 18.1 Å². The van der Waals surface area contributed by atoms with E-state index in [1.54, 1.807) is 31.1 Å². The van der Waals surface area contributed by atoms with E-state index in [1.165, 1.54) is 23.5 Å². The molecule has 0 fully saturated rings. The molecule has 2 aromatic rings. The summed E-state index contributed by atoms with van der Waals surface area (Å²) in [5, 5.41) is 19.2. The van der Waals surface area contributed by atoms with Crippen molar-refractivity contribution < 1.29 is 24.1 Å². The number of rotatable bonds is 9. The van der Waals surface area contributed by atoms with Gasteiger partial charge in [0.1, 0.15) is 4.38 Å². The van der Waals surface area contributed by atoms with Gasteiger partial charge in [-0.15, -0.1) is 0 Å². The second-order valence-electron chi connectivity index (χ2n) is 6.96. The van der Waals surface area contributed by atoms with Gasteiger partial charge in [-0.05, 0) is 17.7 Å². The third-order valence-corrected chi connectivity index (χ3v) is 9.13. The Balaban J connectivity index is 1.45. The number of hydrogen-bond acceptors (Lipinski definition) is 15. The van der Waals surface area contributed by atoms with E-state index >= 15 is 0 Å². The van der Waals surface area contributed by atoms with Crippen molar-refractivity contribution in [3.8, 4) is 0 Å². The van der Waals surface area contributed by atoms with Crippen LogP contribution in [0, 0.1) is 0 Å². The average molecular weight is 598 g/mol. The number of carboxylic acid groups (broad SMARTS) is 1. The Morgan fingerprint density at radius 1 is 1.38 bits per heavy atom. The molecule has 2 unspecified atom stereocenters. The minimum absolute atomic E-state index is 0.00974. The topological polar surface area (TPSA) is 180 Å². The number of thioether (sulfide) groups is 3. The summed E-state index contributed by atoms with van der Waals surface area (Å²) in [7, 11) is -0.490. The van der Waals surface area contributed by atoms with E-state index in [4.69, 9.17) is 9.83 Å². The Morgan fingerprint density at radius 2 is 2.19 bits per heavy atom. The van der Waals surface area contributed by atoms with E-state index in [0.717, 1.165) is 27.2 Å². The van der Waals surface area contributed by atoms with E-state index in [1.807, 2.05) is 12.1 Å². The van der Waals surface area contributed by atoms with E-state index in [0.29, 0.717) is 10.7 Å². The molecule has 2 aliphatic rings. The molecule has 0 radical (unpaired) electrons. The molecule has 0 saturated carbocycles. The summed E-state index contributed by atoms with van der Waals surface area (Å²) >= 11 is 5.01. The molecule has 18 heteroatoms. The van der Waals surface area contributed by atoms with E-state index in [-0.39, 0.29) is 35.0 Å². The number of carbonyl (C=O) groups is 2. The molecule has 0 bridgehead atoms. The zero-order valence-corrected chi connectivity index (χ0v) is 23.1. The molecule has 37 heavy (non-hydrogen) atoms. The zero-order valence-electron chi connectivity index (χ0n) is 18.9. The van der Waals surface area contributed by atoms with Gasteiger partial charge in [-0.3, -0.25) is 9.98 Å². The molecule has 0 saturated heterocycles. The van der Waals surface area contributed by atoms with Crippen LogP contribution >= 0.6 is 55.1 Å². The number of amides is 1. The van der Waals surface area contributed by atoms with Crippen LogP contribution in [0.3, 0.4) is 0 Å². The maximum absolute atomic E-state index is 13.0. The van der Waals surface area contributed by atoms with Gasteiger partial charge in [0.25, 0.3) is 0 Å². The van der Waals surface area contributed by atoms with Gasteiger partial charge >= 0.3 is 161 Å². The maximum atomic E-state index is 13.0. The number of oxime groups is 1. The predicted molar refractivity (Wildman–Crippen MR) is 144 cm³/mol. The molecule has 2 aliphatic heterocycles. The van der Waals surface area contributed by atoms with Gasteiger partial charge in [-0.1, -0.05) is 11.8 Å². The molecule has 13 nitrogen and oxygen atoms in total. The normalized spacial score (nSPS) is 19.6. The fourth-order valence-corrected chi connectivity index (χ4v) is 7.21. The van der Waals surface area contributed by atoms with Crippen LogP contribution in [-0.4, -0.2) is 65.0 Å². The van der Waals surface area contributed by atoms with Gasteiger partial charge in [0.05, 0.1) is 6.04 Å². The molecular formula is C19H18N8O5PS4+. The van der Waals surface area contributed by atoms with Crippen LogP contribution in [0.25, 0.3) is 0 Å². The Bertz CT molecular complexity index is 1310. The van der Waals surface area contributed by atoms with Crippen molar-refractivity contribution in [2.45, 2.75) is 18.5 Å². The Kier molecular flexibility index (Phi) is 9.85. The van der Waals surface area contributed by atoms with Gasteiger partial charge < -0.3 is 0 Å². The second kappa shape index (κ2) is 13.3. The quantitative estimate of drug-likeness (QED) is 0.218. The monoisotopic (exact) mass is 597 g/mol. The van der Waals surface area contributed by atoms with Gasteiger partial charge in [0.2, 0.25) is 0 Å². The number of aliphatic imine (C=N–C) groups is 1. The summed E-state index contributed by atoms with van der Waals surface area (Å²) in [5.41, 5.74) is 0.0530. The van der Waals surface area contributed by atoms with Crippen LogP contribution in [0.1, 0.15) is 24.4 Å². The van der Waals surface area contributed by atoms with Crippen molar-refractivity contribution in [2.75, 3.05) is 18.1 Å². The summed E-state index contributed by atoms with van der Waals surface area (Å²) in [4.78, 5) is 43.3. The summed E-state index contributed by atoms with van der Waals surface area (Å²) in [6, 6.07) is 3.82. The van der Waals surface area contributed by atoms with Crippen molar-refractivity contribution in [3.05, 3.63) is 46.5 Å².